The van der Waals surface area contributed by atoms with E-state index in [2.05, 4.69) is 11.8 Å². The van der Waals surface area contributed by atoms with E-state index in [9.17, 15) is 0 Å². The van der Waals surface area contributed by atoms with Gasteiger partial charge in [-0.3, -0.25) is 0 Å². The molecule has 1 saturated heterocycles. The van der Waals surface area contributed by atoms with E-state index in [1.54, 1.807) is 7.11 Å². The molecule has 1 heterocycles. The lowest BCUT2D eigenvalue weighted by molar-refractivity contribution is 0.0160. The fraction of sp³-hybridized carbons (Fsp3) is 1.00. The largest absolute Gasteiger partial charge is 0.381 e. The van der Waals surface area contributed by atoms with Crippen LogP contribution in [-0.4, -0.2) is 64.2 Å². The molecule has 1 fully saturated rings. The first-order chi connectivity index (χ1) is 8.36. The molecule has 0 bridgehead atoms. The van der Waals surface area contributed by atoms with Gasteiger partial charge in [-0.2, -0.15) is 0 Å². The average Bonchev–Trinajstić information content (AvgIpc) is 2.38. The van der Waals surface area contributed by atoms with Gasteiger partial charge in [-0.15, -0.1) is 0 Å². The summed E-state index contributed by atoms with van der Waals surface area (Å²) < 4.78 is 16.2. The SMILES string of the molecule is CCCOCCOCCN1CCC(OC)CC1. The predicted molar refractivity (Wildman–Crippen MR) is 68.4 cm³/mol. The molecule has 0 aromatic rings. The molecule has 102 valence electrons. The smallest absolute Gasteiger partial charge is 0.0701 e. The Bertz CT molecular complexity index is 170. The van der Waals surface area contributed by atoms with Gasteiger partial charge in [0.05, 0.1) is 25.9 Å². The number of nitrogens with zero attached hydrogens (tertiary/aromatic N) is 1. The van der Waals surface area contributed by atoms with Crippen LogP contribution in [0.2, 0.25) is 0 Å². The second kappa shape index (κ2) is 9.83. The molecular weight excluding hydrogens is 218 g/mol. The zero-order valence-corrected chi connectivity index (χ0v) is 11.3. The van der Waals surface area contributed by atoms with E-state index >= 15 is 0 Å². The molecule has 0 unspecified atom stereocenters. The molecule has 0 aromatic heterocycles. The Morgan fingerprint density at radius 2 is 1.65 bits per heavy atom. The van der Waals surface area contributed by atoms with Crippen molar-refractivity contribution in [1.29, 1.82) is 0 Å². The highest BCUT2D eigenvalue weighted by Crippen LogP contribution is 2.11. The summed E-state index contributed by atoms with van der Waals surface area (Å²) in [7, 11) is 1.81. The Kier molecular flexibility index (Phi) is 8.61. The average molecular weight is 245 g/mol. The Hall–Kier alpha value is -0.160. The predicted octanol–water partition coefficient (Wildman–Crippen LogP) is 1.54. The Morgan fingerprint density at radius 1 is 1.00 bits per heavy atom. The minimum atomic E-state index is 0.467. The summed E-state index contributed by atoms with van der Waals surface area (Å²) >= 11 is 0. The normalized spacial score (nSPS) is 18.7. The maximum absolute atomic E-state index is 5.54. The molecular formula is C13H27NO3. The van der Waals surface area contributed by atoms with Crippen molar-refractivity contribution in [3.05, 3.63) is 0 Å². The van der Waals surface area contributed by atoms with E-state index in [0.29, 0.717) is 12.7 Å². The minimum absolute atomic E-state index is 0.467. The summed E-state index contributed by atoms with van der Waals surface area (Å²) in [5.74, 6) is 0. The molecule has 0 radical (unpaired) electrons. The van der Waals surface area contributed by atoms with Gasteiger partial charge in [-0.05, 0) is 19.3 Å². The van der Waals surface area contributed by atoms with E-state index in [0.717, 1.165) is 58.7 Å². The van der Waals surface area contributed by atoms with Crippen molar-refractivity contribution in [2.75, 3.05) is 53.2 Å². The van der Waals surface area contributed by atoms with Gasteiger partial charge < -0.3 is 19.1 Å². The second-order valence-corrected chi connectivity index (χ2v) is 4.50. The molecule has 0 N–H and O–H groups in total. The molecule has 1 aliphatic rings. The standard InChI is InChI=1S/C13H27NO3/c1-3-9-16-11-12-17-10-8-14-6-4-13(15-2)5-7-14/h13H,3-12H2,1-2H3. The number of methoxy groups -OCH3 is 1. The van der Waals surface area contributed by atoms with Crippen LogP contribution < -0.4 is 0 Å². The van der Waals surface area contributed by atoms with Gasteiger partial charge in [0.15, 0.2) is 0 Å². The van der Waals surface area contributed by atoms with E-state index in [1.165, 1.54) is 0 Å². The first kappa shape index (κ1) is 14.9. The van der Waals surface area contributed by atoms with Gasteiger partial charge in [0.25, 0.3) is 0 Å². The van der Waals surface area contributed by atoms with Crippen LogP contribution in [0.25, 0.3) is 0 Å². The van der Waals surface area contributed by atoms with Crippen LogP contribution in [0, 0.1) is 0 Å². The summed E-state index contributed by atoms with van der Waals surface area (Å²) in [6.45, 7) is 8.51. The molecule has 0 aromatic carbocycles. The summed E-state index contributed by atoms with van der Waals surface area (Å²) in [5.41, 5.74) is 0. The fourth-order valence-corrected chi connectivity index (χ4v) is 2.03. The molecule has 1 rings (SSSR count). The lowest BCUT2D eigenvalue weighted by Gasteiger charge is -2.30. The molecule has 0 saturated carbocycles. The molecule has 4 nitrogen and oxygen atoms in total. The number of hydrogen-bond acceptors (Lipinski definition) is 4. The number of ether oxygens (including phenoxy) is 3. The Balaban J connectivity index is 1.87. The topological polar surface area (TPSA) is 30.9 Å². The maximum atomic E-state index is 5.54. The summed E-state index contributed by atoms with van der Waals surface area (Å²) in [6.07, 6.45) is 3.84. The van der Waals surface area contributed by atoms with Crippen LogP contribution in [0.5, 0.6) is 0 Å². The molecule has 0 aliphatic carbocycles. The third-order valence-corrected chi connectivity index (χ3v) is 3.14. The van der Waals surface area contributed by atoms with Gasteiger partial charge in [0.2, 0.25) is 0 Å². The van der Waals surface area contributed by atoms with Gasteiger partial charge in [0.1, 0.15) is 0 Å². The van der Waals surface area contributed by atoms with Crippen LogP contribution in [-0.2, 0) is 14.2 Å². The van der Waals surface area contributed by atoms with Gasteiger partial charge in [-0.25, -0.2) is 0 Å². The zero-order chi connectivity index (χ0) is 12.3. The highest BCUT2D eigenvalue weighted by molar-refractivity contribution is 4.71. The van der Waals surface area contributed by atoms with E-state index < -0.39 is 0 Å². The van der Waals surface area contributed by atoms with Gasteiger partial charge in [0, 0.05) is 33.4 Å². The second-order valence-electron chi connectivity index (χ2n) is 4.50. The maximum Gasteiger partial charge on any atom is 0.0701 e. The lowest BCUT2D eigenvalue weighted by atomic mass is 10.1. The number of likely N-dealkylation sites (tertiary alicyclic amines) is 1. The first-order valence-electron chi connectivity index (χ1n) is 6.77. The number of hydrogen-bond donors (Lipinski definition) is 0. The summed E-state index contributed by atoms with van der Waals surface area (Å²) in [4.78, 5) is 2.45. The van der Waals surface area contributed by atoms with Gasteiger partial charge >= 0.3 is 0 Å². The van der Waals surface area contributed by atoms with Crippen molar-refractivity contribution in [2.45, 2.75) is 32.3 Å². The van der Waals surface area contributed by atoms with Crippen molar-refractivity contribution >= 4 is 0 Å². The molecule has 0 amide bonds. The molecule has 17 heavy (non-hydrogen) atoms. The highest BCUT2D eigenvalue weighted by Gasteiger charge is 2.17. The van der Waals surface area contributed by atoms with Crippen molar-refractivity contribution in [2.24, 2.45) is 0 Å². The molecule has 1 aliphatic heterocycles. The van der Waals surface area contributed by atoms with Crippen molar-refractivity contribution in [3.63, 3.8) is 0 Å². The van der Waals surface area contributed by atoms with E-state index in [-0.39, 0.29) is 0 Å². The quantitative estimate of drug-likeness (QED) is 0.577. The van der Waals surface area contributed by atoms with E-state index in [1.807, 2.05) is 0 Å². The Morgan fingerprint density at radius 3 is 2.24 bits per heavy atom. The monoisotopic (exact) mass is 245 g/mol. The number of rotatable bonds is 9. The Labute approximate surface area is 105 Å². The first-order valence-corrected chi connectivity index (χ1v) is 6.77. The summed E-state index contributed by atoms with van der Waals surface area (Å²) in [6, 6.07) is 0. The van der Waals surface area contributed by atoms with E-state index in [4.69, 9.17) is 14.2 Å². The van der Waals surface area contributed by atoms with Crippen LogP contribution in [0.15, 0.2) is 0 Å². The lowest BCUT2D eigenvalue weighted by Crippen LogP contribution is -2.38. The zero-order valence-electron chi connectivity index (χ0n) is 11.3. The summed E-state index contributed by atoms with van der Waals surface area (Å²) in [5, 5.41) is 0. The van der Waals surface area contributed by atoms with Crippen LogP contribution >= 0.6 is 0 Å². The molecule has 4 heteroatoms. The molecule has 0 spiro atoms. The van der Waals surface area contributed by atoms with Crippen LogP contribution in [0.4, 0.5) is 0 Å². The van der Waals surface area contributed by atoms with Gasteiger partial charge in [-0.1, -0.05) is 6.92 Å². The number of piperidine rings is 1. The molecule has 0 atom stereocenters. The van der Waals surface area contributed by atoms with Crippen molar-refractivity contribution in [3.8, 4) is 0 Å². The van der Waals surface area contributed by atoms with Crippen molar-refractivity contribution < 1.29 is 14.2 Å². The minimum Gasteiger partial charge on any atom is -0.381 e. The fourth-order valence-electron chi connectivity index (χ4n) is 2.03. The third-order valence-electron chi connectivity index (χ3n) is 3.14. The van der Waals surface area contributed by atoms with Crippen LogP contribution in [0.3, 0.4) is 0 Å². The third kappa shape index (κ3) is 6.99. The highest BCUT2D eigenvalue weighted by atomic mass is 16.5. The van der Waals surface area contributed by atoms with Crippen LogP contribution in [0.1, 0.15) is 26.2 Å². The van der Waals surface area contributed by atoms with Crippen molar-refractivity contribution in [1.82, 2.24) is 4.90 Å².